The topological polar surface area (TPSA) is 36.9 Å². The number of hydrogen-bond acceptors (Lipinski definition) is 4. The van der Waals surface area contributed by atoms with E-state index in [1.54, 1.807) is 31.2 Å². The summed E-state index contributed by atoms with van der Waals surface area (Å²) in [6, 6.07) is 8.14. The highest BCUT2D eigenvalue weighted by Crippen LogP contribution is 2.29. The van der Waals surface area contributed by atoms with E-state index in [9.17, 15) is 8.78 Å². The van der Waals surface area contributed by atoms with Crippen LogP contribution in [0.15, 0.2) is 39.3 Å². The summed E-state index contributed by atoms with van der Waals surface area (Å²) in [7, 11) is 0. The summed E-state index contributed by atoms with van der Waals surface area (Å²) < 4.78 is 49.6. The first-order valence-corrected chi connectivity index (χ1v) is 12.0. The molecule has 2 aliphatic rings. The highest BCUT2D eigenvalue weighted by molar-refractivity contribution is 9.10. The van der Waals surface area contributed by atoms with Crippen LogP contribution in [0, 0.1) is 18.6 Å². The van der Waals surface area contributed by atoms with Gasteiger partial charge < -0.3 is 18.9 Å². The normalized spacial score (nSPS) is 21.1. The Labute approximate surface area is 198 Å². The third kappa shape index (κ3) is 7.41. The van der Waals surface area contributed by atoms with Crippen LogP contribution in [-0.2, 0) is 9.47 Å². The Bertz CT molecular complexity index is 854. The van der Waals surface area contributed by atoms with Crippen molar-refractivity contribution in [3.63, 3.8) is 0 Å². The predicted octanol–water partition coefficient (Wildman–Crippen LogP) is 7.30. The number of halogens is 4. The second kappa shape index (κ2) is 12.1. The molecule has 0 bridgehead atoms. The Morgan fingerprint density at radius 2 is 1.45 bits per heavy atom. The largest absolute Gasteiger partial charge is 0.465 e. The van der Waals surface area contributed by atoms with E-state index in [-0.39, 0.29) is 24.2 Å². The van der Waals surface area contributed by atoms with Gasteiger partial charge in [0.2, 0.25) is 0 Å². The second-order valence-electron chi connectivity index (χ2n) is 7.39. The fourth-order valence-corrected chi connectivity index (χ4v) is 3.89. The van der Waals surface area contributed by atoms with Crippen LogP contribution in [0.2, 0.25) is 0 Å². The van der Waals surface area contributed by atoms with Crippen LogP contribution in [0.1, 0.15) is 44.1 Å². The van der Waals surface area contributed by atoms with Crippen LogP contribution in [-0.4, -0.2) is 25.8 Å². The quantitative estimate of drug-likeness (QED) is 0.391. The van der Waals surface area contributed by atoms with Crippen molar-refractivity contribution >= 4 is 31.9 Å². The number of rotatable bonds is 4. The lowest BCUT2D eigenvalue weighted by atomic mass is 10.2. The molecule has 31 heavy (non-hydrogen) atoms. The molecule has 0 spiro atoms. The van der Waals surface area contributed by atoms with Crippen LogP contribution in [0.5, 0.6) is 11.5 Å². The minimum absolute atomic E-state index is 0.223. The van der Waals surface area contributed by atoms with E-state index in [1.165, 1.54) is 6.07 Å². The van der Waals surface area contributed by atoms with Gasteiger partial charge in [-0.1, -0.05) is 0 Å². The molecule has 0 aromatic heterocycles. The molecule has 2 heterocycles. The maximum absolute atomic E-state index is 13.6. The summed E-state index contributed by atoms with van der Waals surface area (Å²) in [6.07, 6.45) is 5.65. The third-order valence-electron chi connectivity index (χ3n) is 4.98. The van der Waals surface area contributed by atoms with E-state index in [0.717, 1.165) is 51.7 Å². The van der Waals surface area contributed by atoms with E-state index >= 15 is 0 Å². The van der Waals surface area contributed by atoms with Crippen molar-refractivity contribution in [3.05, 3.63) is 56.5 Å². The molecule has 8 heteroatoms. The van der Waals surface area contributed by atoms with E-state index in [2.05, 4.69) is 31.9 Å². The molecule has 0 radical (unpaired) electrons. The first kappa shape index (κ1) is 24.4. The van der Waals surface area contributed by atoms with E-state index < -0.39 is 0 Å². The van der Waals surface area contributed by atoms with Gasteiger partial charge in [0.25, 0.3) is 0 Å². The molecule has 2 aromatic carbocycles. The Morgan fingerprint density at radius 3 is 2.03 bits per heavy atom. The monoisotopic (exact) mass is 562 g/mol. The first-order valence-electron chi connectivity index (χ1n) is 10.4. The van der Waals surface area contributed by atoms with Crippen LogP contribution in [0.3, 0.4) is 0 Å². The molecule has 0 aliphatic carbocycles. The summed E-state index contributed by atoms with van der Waals surface area (Å²) in [6.45, 7) is 3.16. The lowest BCUT2D eigenvalue weighted by Gasteiger charge is -2.24. The summed E-state index contributed by atoms with van der Waals surface area (Å²) in [4.78, 5) is 0. The summed E-state index contributed by atoms with van der Waals surface area (Å²) in [5, 5.41) is 0. The number of ether oxygens (including phenoxy) is 4. The standard InChI is InChI=1S/C12H14BrFO2.C11H12BrFO2/c1-8-10(6-5-9(13)12(8)14)16-11-4-2-3-7-15-11;12-9-5-4-8(7-10(9)13)15-11-3-1-2-6-14-11/h5-6,11H,2-4,7H2,1H3;4-5,7,11H,1-3,6H2. The molecular formula is C23H26Br2F2O4. The van der Waals surface area contributed by atoms with Crippen molar-refractivity contribution < 1.29 is 27.7 Å². The molecule has 2 aromatic rings. The van der Waals surface area contributed by atoms with Gasteiger partial charge in [0.1, 0.15) is 23.1 Å². The van der Waals surface area contributed by atoms with Crippen molar-refractivity contribution in [1.82, 2.24) is 0 Å². The van der Waals surface area contributed by atoms with Gasteiger partial charge in [-0.05, 0) is 88.7 Å². The molecule has 2 fully saturated rings. The zero-order valence-corrected chi connectivity index (χ0v) is 20.5. The summed E-state index contributed by atoms with van der Waals surface area (Å²) in [5.41, 5.74) is 0.517. The van der Waals surface area contributed by atoms with Gasteiger partial charge in [0, 0.05) is 24.5 Å². The third-order valence-corrected chi connectivity index (χ3v) is 6.24. The van der Waals surface area contributed by atoms with Crippen molar-refractivity contribution in [1.29, 1.82) is 0 Å². The van der Waals surface area contributed by atoms with Crippen molar-refractivity contribution in [3.8, 4) is 11.5 Å². The summed E-state index contributed by atoms with van der Waals surface area (Å²) >= 11 is 6.24. The zero-order valence-electron chi connectivity index (χ0n) is 17.3. The van der Waals surface area contributed by atoms with E-state index in [1.807, 2.05) is 0 Å². The predicted molar refractivity (Wildman–Crippen MR) is 121 cm³/mol. The molecule has 2 unspecified atom stereocenters. The molecule has 2 aliphatic heterocycles. The molecule has 0 amide bonds. The average molecular weight is 564 g/mol. The van der Waals surface area contributed by atoms with Crippen molar-refractivity contribution in [2.75, 3.05) is 13.2 Å². The van der Waals surface area contributed by atoms with Gasteiger partial charge in [-0.25, -0.2) is 8.78 Å². The highest BCUT2D eigenvalue weighted by atomic mass is 79.9. The van der Waals surface area contributed by atoms with Gasteiger partial charge in [-0.15, -0.1) is 0 Å². The molecule has 2 atom stereocenters. The van der Waals surface area contributed by atoms with Crippen molar-refractivity contribution in [2.24, 2.45) is 0 Å². The molecule has 0 N–H and O–H groups in total. The van der Waals surface area contributed by atoms with Crippen LogP contribution < -0.4 is 9.47 Å². The van der Waals surface area contributed by atoms with E-state index in [4.69, 9.17) is 18.9 Å². The fraction of sp³-hybridized carbons (Fsp3) is 0.478. The Morgan fingerprint density at radius 1 is 0.839 bits per heavy atom. The highest BCUT2D eigenvalue weighted by Gasteiger charge is 2.18. The maximum atomic E-state index is 13.6. The smallest absolute Gasteiger partial charge is 0.199 e. The molecular weight excluding hydrogens is 538 g/mol. The lowest BCUT2D eigenvalue weighted by molar-refractivity contribution is -0.106. The zero-order chi connectivity index (χ0) is 22.2. The van der Waals surface area contributed by atoms with Crippen LogP contribution >= 0.6 is 31.9 Å². The molecule has 4 nitrogen and oxygen atoms in total. The summed E-state index contributed by atoms with van der Waals surface area (Å²) in [5.74, 6) is 0.492. The maximum Gasteiger partial charge on any atom is 0.199 e. The molecule has 4 rings (SSSR count). The second-order valence-corrected chi connectivity index (χ2v) is 9.10. The molecule has 170 valence electrons. The minimum atomic E-state index is -0.316. The Balaban J connectivity index is 0.000000176. The number of benzene rings is 2. The van der Waals surface area contributed by atoms with E-state index in [0.29, 0.717) is 26.0 Å². The Kier molecular flexibility index (Phi) is 9.56. The van der Waals surface area contributed by atoms with Crippen LogP contribution in [0.4, 0.5) is 8.78 Å². The molecule has 0 saturated carbocycles. The minimum Gasteiger partial charge on any atom is -0.465 e. The van der Waals surface area contributed by atoms with Gasteiger partial charge in [0.15, 0.2) is 12.6 Å². The lowest BCUT2D eigenvalue weighted by Crippen LogP contribution is -2.25. The van der Waals surface area contributed by atoms with Crippen LogP contribution in [0.25, 0.3) is 0 Å². The van der Waals surface area contributed by atoms with Gasteiger partial charge in [-0.2, -0.15) is 0 Å². The SMILES string of the molecule is Cc1c(OC2CCCCO2)ccc(Br)c1F.Fc1cc(OC2CCCCO2)ccc1Br. The van der Waals surface area contributed by atoms with Gasteiger partial charge >= 0.3 is 0 Å². The van der Waals surface area contributed by atoms with Gasteiger partial charge in [-0.3, -0.25) is 0 Å². The number of hydrogen-bond donors (Lipinski definition) is 0. The fourth-order valence-electron chi connectivity index (χ4n) is 3.21. The first-order chi connectivity index (χ1) is 14.9. The Hall–Kier alpha value is -1.22. The molecule has 2 saturated heterocycles. The average Bonchev–Trinajstić information content (AvgIpc) is 2.79. The van der Waals surface area contributed by atoms with Gasteiger partial charge in [0.05, 0.1) is 22.2 Å². The van der Waals surface area contributed by atoms with Crippen molar-refractivity contribution in [2.45, 2.75) is 58.0 Å².